The minimum absolute atomic E-state index is 0.0407. The molecule has 1 rings (SSSR count). The third-order valence-electron chi connectivity index (χ3n) is 2.12. The van der Waals surface area contributed by atoms with Crippen LogP contribution in [0.4, 0.5) is 0 Å². The van der Waals surface area contributed by atoms with E-state index in [4.69, 9.17) is 4.42 Å². The fraction of sp³-hybridized carbons (Fsp3) is 0.700. The maximum absolute atomic E-state index is 11.5. The zero-order valence-electron chi connectivity index (χ0n) is 9.57. The van der Waals surface area contributed by atoms with E-state index in [2.05, 4.69) is 15.5 Å². The van der Waals surface area contributed by atoms with E-state index in [1.54, 1.807) is 0 Å². The number of amides is 1. The molecule has 5 heteroatoms. The number of aromatic nitrogens is 2. The highest BCUT2D eigenvalue weighted by Gasteiger charge is 2.17. The molecule has 0 saturated heterocycles. The molecule has 5 nitrogen and oxygen atoms in total. The van der Waals surface area contributed by atoms with Gasteiger partial charge in [0.15, 0.2) is 0 Å². The standard InChI is InChI=1S/C10H17N3O2/c1-5-7(4)11-8(14)10-13-12-9(15-10)6(2)3/h6-7H,5H2,1-4H3,(H,11,14). The Labute approximate surface area is 89.3 Å². The predicted octanol–water partition coefficient (Wildman–Crippen LogP) is 1.72. The average Bonchev–Trinajstić information content (AvgIpc) is 2.66. The summed E-state index contributed by atoms with van der Waals surface area (Å²) < 4.78 is 5.22. The smallest absolute Gasteiger partial charge is 0.309 e. The first-order chi connectivity index (χ1) is 7.04. The number of carbonyl (C=O) groups is 1. The van der Waals surface area contributed by atoms with E-state index in [0.717, 1.165) is 6.42 Å². The van der Waals surface area contributed by atoms with E-state index in [1.807, 2.05) is 27.7 Å². The SMILES string of the molecule is CCC(C)NC(=O)c1nnc(C(C)C)o1. The average molecular weight is 211 g/mol. The highest BCUT2D eigenvalue weighted by atomic mass is 16.4. The molecular formula is C10H17N3O2. The maximum Gasteiger partial charge on any atom is 0.309 e. The quantitative estimate of drug-likeness (QED) is 0.823. The van der Waals surface area contributed by atoms with Crippen molar-refractivity contribution < 1.29 is 9.21 Å². The third-order valence-corrected chi connectivity index (χ3v) is 2.12. The molecular weight excluding hydrogens is 194 g/mol. The van der Waals surface area contributed by atoms with Crippen LogP contribution in [0.15, 0.2) is 4.42 Å². The van der Waals surface area contributed by atoms with Gasteiger partial charge in [-0.1, -0.05) is 20.8 Å². The highest BCUT2D eigenvalue weighted by molar-refractivity contribution is 5.89. The predicted molar refractivity (Wildman–Crippen MR) is 55.6 cm³/mol. The Morgan fingerprint density at radius 3 is 2.53 bits per heavy atom. The largest absolute Gasteiger partial charge is 0.417 e. The van der Waals surface area contributed by atoms with Crippen molar-refractivity contribution in [3.8, 4) is 0 Å². The fourth-order valence-corrected chi connectivity index (χ4v) is 0.947. The van der Waals surface area contributed by atoms with E-state index >= 15 is 0 Å². The molecule has 0 fully saturated rings. The van der Waals surface area contributed by atoms with E-state index in [1.165, 1.54) is 0 Å². The molecule has 1 aromatic heterocycles. The first kappa shape index (κ1) is 11.7. The summed E-state index contributed by atoms with van der Waals surface area (Å²) in [6, 6.07) is 0.117. The highest BCUT2D eigenvalue weighted by Crippen LogP contribution is 2.11. The van der Waals surface area contributed by atoms with Gasteiger partial charge >= 0.3 is 11.8 Å². The lowest BCUT2D eigenvalue weighted by Gasteiger charge is -2.08. The Bertz CT molecular complexity index is 333. The molecule has 0 aromatic carbocycles. The molecule has 0 bridgehead atoms. The molecule has 0 aliphatic rings. The lowest BCUT2D eigenvalue weighted by atomic mass is 10.2. The van der Waals surface area contributed by atoms with Gasteiger partial charge in [-0.3, -0.25) is 4.79 Å². The van der Waals surface area contributed by atoms with Crippen LogP contribution >= 0.6 is 0 Å². The zero-order chi connectivity index (χ0) is 11.4. The van der Waals surface area contributed by atoms with Gasteiger partial charge in [0.1, 0.15) is 0 Å². The van der Waals surface area contributed by atoms with Crippen molar-refractivity contribution in [2.45, 2.75) is 46.1 Å². The maximum atomic E-state index is 11.5. The minimum atomic E-state index is -0.302. The van der Waals surface area contributed by atoms with Crippen LogP contribution in [0.1, 0.15) is 56.6 Å². The van der Waals surface area contributed by atoms with Crippen LogP contribution in [0, 0.1) is 0 Å². The Balaban J connectivity index is 2.66. The molecule has 0 spiro atoms. The number of carbonyl (C=O) groups excluding carboxylic acids is 1. The molecule has 1 N–H and O–H groups in total. The number of hydrogen-bond acceptors (Lipinski definition) is 4. The van der Waals surface area contributed by atoms with Crippen LogP contribution in [-0.2, 0) is 0 Å². The summed E-state index contributed by atoms with van der Waals surface area (Å²) in [5.41, 5.74) is 0. The number of nitrogens with one attached hydrogen (secondary N) is 1. The number of nitrogens with zero attached hydrogens (tertiary/aromatic N) is 2. The Hall–Kier alpha value is -1.39. The van der Waals surface area contributed by atoms with Crippen molar-refractivity contribution in [2.75, 3.05) is 0 Å². The molecule has 84 valence electrons. The molecule has 0 aliphatic carbocycles. The molecule has 0 saturated carbocycles. The Kier molecular flexibility index (Phi) is 3.82. The van der Waals surface area contributed by atoms with Crippen LogP contribution in [0.2, 0.25) is 0 Å². The van der Waals surface area contributed by atoms with Gasteiger partial charge in [0.25, 0.3) is 0 Å². The number of rotatable bonds is 4. The lowest BCUT2D eigenvalue weighted by Crippen LogP contribution is -2.32. The molecule has 0 aliphatic heterocycles. The zero-order valence-corrected chi connectivity index (χ0v) is 9.57. The molecule has 1 unspecified atom stereocenters. The first-order valence-corrected chi connectivity index (χ1v) is 5.18. The van der Waals surface area contributed by atoms with Crippen LogP contribution in [0.3, 0.4) is 0 Å². The van der Waals surface area contributed by atoms with E-state index in [9.17, 15) is 4.79 Å². The summed E-state index contributed by atoms with van der Waals surface area (Å²) in [6.07, 6.45) is 0.872. The van der Waals surface area contributed by atoms with Crippen molar-refractivity contribution >= 4 is 5.91 Å². The van der Waals surface area contributed by atoms with Crippen molar-refractivity contribution in [3.63, 3.8) is 0 Å². The van der Waals surface area contributed by atoms with Crippen molar-refractivity contribution in [1.29, 1.82) is 0 Å². The van der Waals surface area contributed by atoms with Gasteiger partial charge in [-0.25, -0.2) is 0 Å². The monoisotopic (exact) mass is 211 g/mol. The normalized spacial score (nSPS) is 12.9. The van der Waals surface area contributed by atoms with Crippen molar-refractivity contribution in [3.05, 3.63) is 11.8 Å². The second kappa shape index (κ2) is 4.91. The van der Waals surface area contributed by atoms with Gasteiger partial charge in [0, 0.05) is 12.0 Å². The summed E-state index contributed by atoms with van der Waals surface area (Å²) in [5, 5.41) is 10.3. The molecule has 1 atom stereocenters. The summed E-state index contributed by atoms with van der Waals surface area (Å²) in [5.74, 6) is 0.370. The Morgan fingerprint density at radius 1 is 1.40 bits per heavy atom. The van der Waals surface area contributed by atoms with Crippen LogP contribution in [-0.4, -0.2) is 22.1 Å². The van der Waals surface area contributed by atoms with E-state index in [-0.39, 0.29) is 23.8 Å². The van der Waals surface area contributed by atoms with Crippen LogP contribution in [0.25, 0.3) is 0 Å². The summed E-state index contributed by atoms with van der Waals surface area (Å²) in [6.45, 7) is 7.80. The fourth-order valence-electron chi connectivity index (χ4n) is 0.947. The van der Waals surface area contributed by atoms with Gasteiger partial charge in [0.05, 0.1) is 0 Å². The molecule has 1 amide bonds. The van der Waals surface area contributed by atoms with Gasteiger partial charge in [-0.15, -0.1) is 10.2 Å². The summed E-state index contributed by atoms with van der Waals surface area (Å²) >= 11 is 0. The van der Waals surface area contributed by atoms with E-state index < -0.39 is 0 Å². The van der Waals surface area contributed by atoms with E-state index in [0.29, 0.717) is 5.89 Å². The van der Waals surface area contributed by atoms with Crippen molar-refractivity contribution in [2.24, 2.45) is 0 Å². The summed E-state index contributed by atoms with van der Waals surface area (Å²) in [7, 11) is 0. The van der Waals surface area contributed by atoms with Crippen molar-refractivity contribution in [1.82, 2.24) is 15.5 Å². The summed E-state index contributed by atoms with van der Waals surface area (Å²) in [4.78, 5) is 11.5. The second-order valence-electron chi connectivity index (χ2n) is 3.88. The molecule has 0 radical (unpaired) electrons. The first-order valence-electron chi connectivity index (χ1n) is 5.18. The molecule has 1 aromatic rings. The Morgan fingerprint density at radius 2 is 2.07 bits per heavy atom. The van der Waals surface area contributed by atoms with Gasteiger partial charge in [-0.05, 0) is 13.3 Å². The molecule has 15 heavy (non-hydrogen) atoms. The van der Waals surface area contributed by atoms with Crippen LogP contribution in [0.5, 0.6) is 0 Å². The van der Waals surface area contributed by atoms with Crippen LogP contribution < -0.4 is 5.32 Å². The number of hydrogen-bond donors (Lipinski definition) is 1. The second-order valence-corrected chi connectivity index (χ2v) is 3.88. The van der Waals surface area contributed by atoms with Gasteiger partial charge in [0.2, 0.25) is 5.89 Å². The molecule has 1 heterocycles. The van der Waals surface area contributed by atoms with Gasteiger partial charge in [-0.2, -0.15) is 0 Å². The topological polar surface area (TPSA) is 68.0 Å². The lowest BCUT2D eigenvalue weighted by molar-refractivity contribution is 0.0902. The third kappa shape index (κ3) is 3.04. The minimum Gasteiger partial charge on any atom is -0.417 e. The van der Waals surface area contributed by atoms with Gasteiger partial charge < -0.3 is 9.73 Å².